The van der Waals surface area contributed by atoms with Gasteiger partial charge in [0.25, 0.3) is 0 Å². The maximum atomic E-state index is 2.44. The number of hydrogen-bond donors (Lipinski definition) is 0. The molecule has 4 nitrogen and oxygen atoms in total. The molecule has 0 spiro atoms. The molecule has 0 aliphatic rings. The fourth-order valence-corrected chi connectivity index (χ4v) is 0.894. The van der Waals surface area contributed by atoms with Crippen molar-refractivity contribution in [2.45, 2.75) is 55.4 Å². The first-order valence-electron chi connectivity index (χ1n) is 9.98. The van der Waals surface area contributed by atoms with Gasteiger partial charge in [-0.3, -0.25) is 0 Å². The van der Waals surface area contributed by atoms with Gasteiger partial charge in [-0.1, -0.05) is 0 Å². The first-order valence-corrected chi connectivity index (χ1v) is 17.5. The van der Waals surface area contributed by atoms with Gasteiger partial charge >= 0.3 is 190 Å². The van der Waals surface area contributed by atoms with Crippen LogP contribution in [-0.4, -0.2) is 135 Å². The predicted molar refractivity (Wildman–Crippen MR) is 131 cm³/mol. The molecule has 0 aromatic carbocycles. The Morgan fingerprint density at radius 1 is 0.333 bits per heavy atom. The van der Waals surface area contributed by atoms with Gasteiger partial charge in [-0.25, -0.2) is 0 Å². The Morgan fingerprint density at radius 3 is 0.417 bits per heavy atom. The molecule has 0 amide bonds. The Morgan fingerprint density at radius 2 is 0.417 bits per heavy atom. The average molecular weight is 591 g/mol. The first-order chi connectivity index (χ1) is 11.2. The van der Waals surface area contributed by atoms with E-state index in [2.05, 4.69) is 70.8 Å². The van der Waals surface area contributed by atoms with Crippen LogP contribution in [0.25, 0.3) is 0 Å². The van der Waals surface area contributed by atoms with Crippen LogP contribution in [0.1, 0.15) is 55.4 Å². The molecule has 8 heteroatoms. The summed E-state index contributed by atoms with van der Waals surface area (Å²) in [5.41, 5.74) is 0. The predicted octanol–water partition coefficient (Wildman–Crippen LogP) is -1.57. The number of hydrogen-bond acceptors (Lipinski definition) is 4. The van der Waals surface area contributed by atoms with E-state index in [0.29, 0.717) is 0 Å². The molecule has 0 aliphatic heterocycles. The zero-order valence-electron chi connectivity index (χ0n) is 19.4. The van der Waals surface area contributed by atoms with Crippen molar-refractivity contribution in [3.05, 3.63) is 0 Å². The molecule has 0 aromatic heterocycles. The molecule has 0 N–H and O–H groups in total. The molecule has 0 aromatic rings. The Bertz CT molecular complexity index is 147. The van der Waals surface area contributed by atoms with Gasteiger partial charge in [0.15, 0.2) is 0 Å². The number of rotatable bonds is 8. The van der Waals surface area contributed by atoms with Gasteiger partial charge < -0.3 is 0 Å². The number of nitrogens with zero attached hydrogens (tertiary/aromatic N) is 4. The molecule has 0 bridgehead atoms. The molecule has 0 heterocycles. The van der Waals surface area contributed by atoms with E-state index in [0.717, 1.165) is 66.9 Å². The van der Waals surface area contributed by atoms with Crippen molar-refractivity contribution in [2.24, 2.45) is 0 Å². The van der Waals surface area contributed by atoms with E-state index in [-0.39, 0.29) is 0 Å². The summed E-state index contributed by atoms with van der Waals surface area (Å²) >= 11 is 3.65. The third-order valence-electron chi connectivity index (χ3n) is 4.32. The van der Waals surface area contributed by atoms with E-state index in [1.54, 1.807) is 0 Å². The molecule has 0 saturated heterocycles. The maximum absolute atomic E-state index is 2.44. The van der Waals surface area contributed by atoms with Gasteiger partial charge in [-0.15, -0.1) is 0 Å². The zero-order valence-corrected chi connectivity index (χ0v) is 36.2. The van der Waals surface area contributed by atoms with Gasteiger partial charge in [-0.05, 0) is 0 Å². The summed E-state index contributed by atoms with van der Waals surface area (Å²) in [6.45, 7) is 27.6. The van der Waals surface area contributed by atoms with Crippen LogP contribution in [0, 0.1) is 0 Å². The molecular formula is C16H52Ge4N4. The fourth-order valence-electron chi connectivity index (χ4n) is 0.894. The summed E-state index contributed by atoms with van der Waals surface area (Å²) in [4.78, 5) is 0. The molecule has 152 valence electrons. The van der Waals surface area contributed by atoms with Crippen LogP contribution in [0.3, 0.4) is 0 Å². The summed E-state index contributed by atoms with van der Waals surface area (Å²) in [6, 6.07) is 0. The molecule has 0 aliphatic carbocycles. The van der Waals surface area contributed by atoms with Crippen LogP contribution < -0.4 is 0 Å². The van der Waals surface area contributed by atoms with Crippen LogP contribution in [0.15, 0.2) is 0 Å². The van der Waals surface area contributed by atoms with Crippen molar-refractivity contribution in [3.8, 4) is 0 Å². The first kappa shape index (κ1) is 33.6. The Kier molecular flexibility index (Phi) is 41.6. The minimum absolute atomic E-state index is 0.913. The van der Waals surface area contributed by atoms with E-state index in [1.165, 1.54) is 52.4 Å². The third-order valence-corrected chi connectivity index (χ3v) is 14.9. The van der Waals surface area contributed by atoms with E-state index in [4.69, 9.17) is 0 Å². The van der Waals surface area contributed by atoms with Crippen LogP contribution in [0.4, 0.5) is 0 Å². The summed E-state index contributed by atoms with van der Waals surface area (Å²) in [5.74, 6) is 0. The summed E-state index contributed by atoms with van der Waals surface area (Å²) in [6.07, 6.45) is 0. The fraction of sp³-hybridized carbons (Fsp3) is 1.00. The molecular weight excluding hydrogens is 539 g/mol. The van der Waals surface area contributed by atoms with Crippen molar-refractivity contribution in [1.29, 1.82) is 0 Å². The van der Waals surface area contributed by atoms with Crippen molar-refractivity contribution >= 4 is 66.9 Å². The third kappa shape index (κ3) is 39.2. The molecule has 0 rings (SSSR count). The van der Waals surface area contributed by atoms with Crippen LogP contribution in [0.2, 0.25) is 0 Å². The summed E-state index contributed by atoms with van der Waals surface area (Å²) in [7, 11) is 0. The average Bonchev–Trinajstić information content (AvgIpc) is 2.66. The Balaban J connectivity index is -0.000000111. The second kappa shape index (κ2) is 29.8. The second-order valence-corrected chi connectivity index (χ2v) is 16.6. The van der Waals surface area contributed by atoms with E-state index >= 15 is 0 Å². The normalized spacial score (nSPS) is 10.5. The molecule has 0 unspecified atom stereocenters. The molecule has 0 saturated carbocycles. The quantitative estimate of drug-likeness (QED) is 0.317. The standard InChI is InChI=1S/4C4H13GeN/c4*1-3-6(5)4-2/h4*3-4H2,1-2,5H3. The van der Waals surface area contributed by atoms with Crippen LogP contribution in [-0.2, 0) is 0 Å². The van der Waals surface area contributed by atoms with Gasteiger partial charge in [0, 0.05) is 0 Å². The van der Waals surface area contributed by atoms with Crippen LogP contribution >= 0.6 is 0 Å². The second-order valence-electron chi connectivity index (χ2n) is 5.95. The van der Waals surface area contributed by atoms with Gasteiger partial charge in [0.2, 0.25) is 0 Å². The van der Waals surface area contributed by atoms with E-state index < -0.39 is 0 Å². The van der Waals surface area contributed by atoms with Crippen molar-refractivity contribution in [1.82, 2.24) is 15.4 Å². The zero-order chi connectivity index (χ0) is 20.0. The molecule has 0 fully saturated rings. The van der Waals surface area contributed by atoms with Gasteiger partial charge in [-0.2, -0.15) is 0 Å². The van der Waals surface area contributed by atoms with Crippen molar-refractivity contribution in [3.63, 3.8) is 0 Å². The molecule has 0 atom stereocenters. The topological polar surface area (TPSA) is 13.0 Å². The monoisotopic (exact) mass is 596 g/mol. The van der Waals surface area contributed by atoms with Gasteiger partial charge in [0.1, 0.15) is 0 Å². The molecule has 0 radical (unpaired) electrons. The van der Waals surface area contributed by atoms with Crippen molar-refractivity contribution < 1.29 is 0 Å². The Labute approximate surface area is 189 Å². The van der Waals surface area contributed by atoms with E-state index in [1.807, 2.05) is 0 Å². The minimum atomic E-state index is 0.913. The SMILES string of the molecule is CC[N]([GeH3])CC.CC[N]([GeH3])CC.CC[N]([GeH3])CC.CC[N]([GeH3])CC. The van der Waals surface area contributed by atoms with E-state index in [9.17, 15) is 0 Å². The summed E-state index contributed by atoms with van der Waals surface area (Å²) in [5, 5.41) is 0. The molecule has 24 heavy (non-hydrogen) atoms. The Hall–Kier alpha value is 2.01. The van der Waals surface area contributed by atoms with Crippen LogP contribution in [0.5, 0.6) is 0 Å². The van der Waals surface area contributed by atoms with Crippen molar-refractivity contribution in [2.75, 3.05) is 52.4 Å². The van der Waals surface area contributed by atoms with Gasteiger partial charge in [0.05, 0.1) is 0 Å². The summed E-state index contributed by atoms with van der Waals surface area (Å²) < 4.78 is 9.75.